The molecule has 1 aromatic carbocycles. The molecule has 0 aliphatic rings. The molecule has 0 N–H and O–H groups in total. The molecule has 0 radical (unpaired) electrons. The molecule has 1 rings (SSSR count). The van der Waals surface area contributed by atoms with Crippen molar-refractivity contribution < 1.29 is 18.0 Å². The van der Waals surface area contributed by atoms with Crippen molar-refractivity contribution in [3.05, 3.63) is 33.6 Å². The molecule has 0 unspecified atom stereocenters. The van der Waals surface area contributed by atoms with Gasteiger partial charge in [0.05, 0.1) is 4.47 Å². The summed E-state index contributed by atoms with van der Waals surface area (Å²) in [5.41, 5.74) is -0.150. The number of halogens is 4. The van der Waals surface area contributed by atoms with Crippen LogP contribution in [-0.2, 0) is 11.2 Å². The van der Waals surface area contributed by atoms with E-state index in [9.17, 15) is 18.0 Å². The minimum absolute atomic E-state index is 0.150. The Morgan fingerprint density at radius 3 is 2.36 bits per heavy atom. The zero-order valence-electron chi connectivity index (χ0n) is 7.20. The summed E-state index contributed by atoms with van der Waals surface area (Å²) in [5, 5.41) is 0. The molecule has 0 fully saturated rings. The minimum Gasteiger partial charge on any atom is -0.300 e. The van der Waals surface area contributed by atoms with Crippen LogP contribution in [0.1, 0.15) is 12.5 Å². The largest absolute Gasteiger partial charge is 0.300 e. The molecule has 0 aliphatic carbocycles. The summed E-state index contributed by atoms with van der Waals surface area (Å²) in [7, 11) is 0. The Morgan fingerprint density at radius 1 is 1.29 bits per heavy atom. The number of Topliss-reactive ketones (excluding diaryl/α,β-unsaturated/α-hetero) is 1. The molecule has 0 bridgehead atoms. The van der Waals surface area contributed by atoms with Crippen LogP contribution >= 0.6 is 15.9 Å². The highest BCUT2D eigenvalue weighted by molar-refractivity contribution is 9.10. The third kappa shape index (κ3) is 2.15. The van der Waals surface area contributed by atoms with Crippen LogP contribution < -0.4 is 0 Å². The van der Waals surface area contributed by atoms with Gasteiger partial charge in [0.25, 0.3) is 0 Å². The lowest BCUT2D eigenvalue weighted by Gasteiger charge is -2.04. The van der Waals surface area contributed by atoms with E-state index < -0.39 is 17.5 Å². The summed E-state index contributed by atoms with van der Waals surface area (Å²) in [6.07, 6.45) is -0.248. The molecule has 0 aliphatic heterocycles. The molecular weight excluding hydrogens is 261 g/mol. The van der Waals surface area contributed by atoms with Crippen molar-refractivity contribution in [1.29, 1.82) is 0 Å². The molecule has 0 saturated carbocycles. The molecule has 0 atom stereocenters. The Kier molecular flexibility index (Phi) is 3.31. The van der Waals surface area contributed by atoms with E-state index in [1.165, 1.54) is 6.92 Å². The molecule has 0 saturated heterocycles. The lowest BCUT2D eigenvalue weighted by molar-refractivity contribution is -0.116. The van der Waals surface area contributed by atoms with E-state index in [1.807, 2.05) is 0 Å². The summed E-state index contributed by atoms with van der Waals surface area (Å²) in [4.78, 5) is 10.7. The summed E-state index contributed by atoms with van der Waals surface area (Å²) >= 11 is 2.73. The monoisotopic (exact) mass is 266 g/mol. The fourth-order valence-electron chi connectivity index (χ4n) is 1.02. The summed E-state index contributed by atoms with van der Waals surface area (Å²) in [6, 6.07) is 1.06. The van der Waals surface area contributed by atoms with E-state index >= 15 is 0 Å². The van der Waals surface area contributed by atoms with Gasteiger partial charge in [0, 0.05) is 6.42 Å². The minimum atomic E-state index is -1.56. The molecule has 0 heterocycles. The maximum absolute atomic E-state index is 13.0. The van der Waals surface area contributed by atoms with Gasteiger partial charge in [0.15, 0.2) is 17.5 Å². The van der Waals surface area contributed by atoms with E-state index in [-0.39, 0.29) is 22.2 Å². The third-order valence-corrected chi connectivity index (χ3v) is 2.19. The van der Waals surface area contributed by atoms with Gasteiger partial charge < -0.3 is 0 Å². The second-order valence-electron chi connectivity index (χ2n) is 2.84. The topological polar surface area (TPSA) is 17.1 Å². The van der Waals surface area contributed by atoms with Crippen LogP contribution in [0.15, 0.2) is 10.5 Å². The van der Waals surface area contributed by atoms with Crippen molar-refractivity contribution in [1.82, 2.24) is 0 Å². The van der Waals surface area contributed by atoms with Gasteiger partial charge >= 0.3 is 0 Å². The zero-order valence-corrected chi connectivity index (χ0v) is 8.79. The van der Waals surface area contributed by atoms with E-state index in [0.717, 1.165) is 6.07 Å². The van der Waals surface area contributed by atoms with E-state index in [1.54, 1.807) is 0 Å². The highest BCUT2D eigenvalue weighted by atomic mass is 79.9. The lowest BCUT2D eigenvalue weighted by atomic mass is 10.1. The number of rotatable bonds is 2. The average molecular weight is 267 g/mol. The van der Waals surface area contributed by atoms with Gasteiger partial charge in [-0.1, -0.05) is 0 Å². The van der Waals surface area contributed by atoms with Crippen molar-refractivity contribution >= 4 is 21.7 Å². The Labute approximate surface area is 87.1 Å². The molecule has 1 nitrogen and oxygen atoms in total. The number of carbonyl (C=O) groups excluding carboxylic acids is 1. The second kappa shape index (κ2) is 4.13. The summed E-state index contributed by atoms with van der Waals surface area (Å²) < 4.78 is 38.4. The fourth-order valence-corrected chi connectivity index (χ4v) is 1.47. The molecule has 5 heteroatoms. The van der Waals surface area contributed by atoms with Crippen LogP contribution in [0.3, 0.4) is 0 Å². The van der Waals surface area contributed by atoms with E-state index in [4.69, 9.17) is 0 Å². The maximum Gasteiger partial charge on any atom is 0.195 e. The highest BCUT2D eigenvalue weighted by Gasteiger charge is 2.17. The van der Waals surface area contributed by atoms with Gasteiger partial charge in [0.2, 0.25) is 0 Å². The molecule has 14 heavy (non-hydrogen) atoms. The third-order valence-electron chi connectivity index (χ3n) is 1.62. The molecule has 1 aromatic rings. The first-order chi connectivity index (χ1) is 6.43. The SMILES string of the molecule is CC(=O)Cc1cc(Br)c(F)c(F)c1F. The summed E-state index contributed by atoms with van der Waals surface area (Å²) in [6.45, 7) is 1.24. The van der Waals surface area contributed by atoms with E-state index in [2.05, 4.69) is 15.9 Å². The zero-order chi connectivity index (χ0) is 10.9. The van der Waals surface area contributed by atoms with Crippen LogP contribution in [0, 0.1) is 17.5 Å². The Hall–Kier alpha value is -0.840. The van der Waals surface area contributed by atoms with Crippen molar-refractivity contribution in [2.75, 3.05) is 0 Å². The first-order valence-corrected chi connectivity index (χ1v) is 4.54. The predicted molar refractivity (Wildman–Crippen MR) is 48.4 cm³/mol. The van der Waals surface area contributed by atoms with Crippen molar-refractivity contribution in [2.45, 2.75) is 13.3 Å². The van der Waals surface area contributed by atoms with Gasteiger partial charge in [-0.15, -0.1) is 0 Å². The van der Waals surface area contributed by atoms with Gasteiger partial charge in [-0.3, -0.25) is 4.79 Å². The number of ketones is 1. The van der Waals surface area contributed by atoms with Crippen LogP contribution in [0.5, 0.6) is 0 Å². The number of benzene rings is 1. The Balaban J connectivity index is 3.25. The van der Waals surface area contributed by atoms with Crippen molar-refractivity contribution in [3.63, 3.8) is 0 Å². The first-order valence-electron chi connectivity index (χ1n) is 3.74. The molecular formula is C9H6BrF3O. The lowest BCUT2D eigenvalue weighted by Crippen LogP contribution is -2.03. The van der Waals surface area contributed by atoms with Crippen LogP contribution in [0.2, 0.25) is 0 Å². The first kappa shape index (κ1) is 11.2. The van der Waals surface area contributed by atoms with Gasteiger partial charge in [0.1, 0.15) is 5.78 Å². The standard InChI is InChI=1S/C9H6BrF3O/c1-4(14)2-5-3-6(10)8(12)9(13)7(5)11/h3H,2H2,1H3. The smallest absolute Gasteiger partial charge is 0.195 e. The number of carbonyl (C=O) groups is 1. The quantitative estimate of drug-likeness (QED) is 0.594. The number of hydrogen-bond acceptors (Lipinski definition) is 1. The summed E-state index contributed by atoms with van der Waals surface area (Å²) in [5.74, 6) is -4.46. The Bertz CT molecular complexity index is 390. The fraction of sp³-hybridized carbons (Fsp3) is 0.222. The second-order valence-corrected chi connectivity index (χ2v) is 3.69. The van der Waals surface area contributed by atoms with Crippen LogP contribution in [-0.4, -0.2) is 5.78 Å². The van der Waals surface area contributed by atoms with Gasteiger partial charge in [-0.05, 0) is 34.5 Å². The Morgan fingerprint density at radius 2 is 1.86 bits per heavy atom. The number of hydrogen-bond donors (Lipinski definition) is 0. The van der Waals surface area contributed by atoms with Crippen LogP contribution in [0.4, 0.5) is 13.2 Å². The van der Waals surface area contributed by atoms with Crippen molar-refractivity contribution in [3.8, 4) is 0 Å². The van der Waals surface area contributed by atoms with Crippen LogP contribution in [0.25, 0.3) is 0 Å². The average Bonchev–Trinajstić information content (AvgIpc) is 2.10. The molecule has 0 spiro atoms. The van der Waals surface area contributed by atoms with Gasteiger partial charge in [-0.2, -0.15) is 0 Å². The normalized spacial score (nSPS) is 10.4. The molecule has 76 valence electrons. The van der Waals surface area contributed by atoms with Crippen molar-refractivity contribution in [2.24, 2.45) is 0 Å². The predicted octanol–water partition coefficient (Wildman–Crippen LogP) is 3.00. The van der Waals surface area contributed by atoms with E-state index in [0.29, 0.717) is 0 Å². The van der Waals surface area contributed by atoms with Gasteiger partial charge in [-0.25, -0.2) is 13.2 Å². The molecule has 0 amide bonds. The maximum atomic E-state index is 13.0. The highest BCUT2D eigenvalue weighted by Crippen LogP contribution is 2.24. The molecule has 0 aromatic heterocycles.